The summed E-state index contributed by atoms with van der Waals surface area (Å²) in [6.07, 6.45) is 98.2. The molecule has 0 aliphatic heterocycles. The minimum absolute atomic E-state index is 0.102. The van der Waals surface area contributed by atoms with Crippen LogP contribution in [0.1, 0.15) is 278 Å². The normalized spacial score (nSPS) is 13.2. The molecule has 0 bridgehead atoms. The van der Waals surface area contributed by atoms with Crippen molar-refractivity contribution < 1.29 is 28.6 Å². The summed E-state index contributed by atoms with van der Waals surface area (Å²) in [4.78, 5) is 38.4. The van der Waals surface area contributed by atoms with Crippen LogP contribution < -0.4 is 0 Å². The Bertz CT molecular complexity index is 1810. The van der Waals surface area contributed by atoms with Gasteiger partial charge in [0.05, 0.1) is 0 Å². The van der Waals surface area contributed by atoms with Crippen LogP contribution >= 0.6 is 0 Å². The third-order valence-electron chi connectivity index (χ3n) is 13.5. The standard InChI is InChI=1S/C75H120O6/c1-4-7-10-13-16-19-22-25-28-31-33-34-35-36-37-38-39-40-42-44-47-50-53-56-59-62-65-68-74(77)80-71-72(70-79-73(76)67-64-61-58-55-52-49-46-43-30-27-24-21-18-15-12-9-6-3)81-75(78)69-66-63-60-57-54-51-48-45-41-32-29-26-23-20-17-14-11-8-5-2/h7-12,16-21,25-30,33-34,36-37,41,45,51,54,72H,4-6,13-15,22-24,31-32,35,38-40,42-44,46-50,52-53,55-71H2,1-3H3/b10-7-,11-8-,12-9-,19-16-,20-17-,21-18-,28-25-,29-26-,30-27-,34-33-,37-36-,45-41-,54-51-. The van der Waals surface area contributed by atoms with E-state index >= 15 is 0 Å². The first-order chi connectivity index (χ1) is 40.0. The average molecular weight is 1120 g/mol. The minimum Gasteiger partial charge on any atom is -0.462 e. The molecule has 0 radical (unpaired) electrons. The van der Waals surface area contributed by atoms with Crippen LogP contribution in [-0.2, 0) is 28.6 Å². The number of hydrogen-bond donors (Lipinski definition) is 0. The molecule has 6 nitrogen and oxygen atoms in total. The van der Waals surface area contributed by atoms with Crippen molar-refractivity contribution in [3.8, 4) is 0 Å². The van der Waals surface area contributed by atoms with Crippen LogP contribution in [0.4, 0.5) is 0 Å². The second-order valence-corrected chi connectivity index (χ2v) is 21.2. The minimum atomic E-state index is -0.810. The fourth-order valence-electron chi connectivity index (χ4n) is 8.69. The SMILES string of the molecule is CC/C=C\C/C=C\C/C=C\C/C=C\C/C=C\CCCCCCCCCCCCCC(=O)OCC(COC(=O)CCCCCCCCC/C=C\C/C=C\C/C=C\CC)OC(=O)CCCCC/C=C\C/C=C\C/C=C\C/C=C\C/C=C\CC. The fraction of sp³-hybridized carbons (Fsp3) is 0.613. The Morgan fingerprint density at radius 1 is 0.247 bits per heavy atom. The molecule has 0 rings (SSSR count). The van der Waals surface area contributed by atoms with E-state index in [4.69, 9.17) is 14.2 Å². The zero-order valence-corrected chi connectivity index (χ0v) is 52.2. The lowest BCUT2D eigenvalue weighted by Gasteiger charge is -2.18. The molecule has 6 heteroatoms. The summed E-state index contributed by atoms with van der Waals surface area (Å²) in [5.74, 6) is -0.947. The van der Waals surface area contributed by atoms with Gasteiger partial charge in [-0.1, -0.05) is 275 Å². The maximum absolute atomic E-state index is 12.9. The fourth-order valence-corrected chi connectivity index (χ4v) is 8.69. The van der Waals surface area contributed by atoms with Gasteiger partial charge in [0, 0.05) is 19.3 Å². The van der Waals surface area contributed by atoms with E-state index in [1.165, 1.54) is 83.5 Å². The van der Waals surface area contributed by atoms with Crippen LogP contribution in [-0.4, -0.2) is 37.2 Å². The molecule has 0 heterocycles. The maximum Gasteiger partial charge on any atom is 0.306 e. The summed E-state index contributed by atoms with van der Waals surface area (Å²) in [6, 6.07) is 0. The van der Waals surface area contributed by atoms with Gasteiger partial charge >= 0.3 is 17.9 Å². The summed E-state index contributed by atoms with van der Waals surface area (Å²) in [5.41, 5.74) is 0. The topological polar surface area (TPSA) is 78.9 Å². The average Bonchev–Trinajstić information content (AvgIpc) is 3.47. The zero-order chi connectivity index (χ0) is 58.5. The molecule has 0 aromatic rings. The molecule has 81 heavy (non-hydrogen) atoms. The van der Waals surface area contributed by atoms with Crippen molar-refractivity contribution in [1.82, 2.24) is 0 Å². The number of allylic oxidation sites excluding steroid dienone is 26. The molecule has 0 aromatic heterocycles. The Hall–Kier alpha value is -4.97. The number of ether oxygens (including phenoxy) is 3. The number of esters is 3. The van der Waals surface area contributed by atoms with Gasteiger partial charge in [0.2, 0.25) is 0 Å². The lowest BCUT2D eigenvalue weighted by Crippen LogP contribution is -2.30. The van der Waals surface area contributed by atoms with E-state index in [1.807, 2.05) is 0 Å². The molecular formula is C75H120O6. The first-order valence-corrected chi connectivity index (χ1v) is 33.0. The van der Waals surface area contributed by atoms with E-state index in [1.54, 1.807) is 0 Å². The summed E-state index contributed by atoms with van der Waals surface area (Å²) in [6.45, 7) is 6.27. The van der Waals surface area contributed by atoms with Gasteiger partial charge in [0.25, 0.3) is 0 Å². The van der Waals surface area contributed by atoms with Gasteiger partial charge in [0.1, 0.15) is 13.2 Å². The smallest absolute Gasteiger partial charge is 0.306 e. The first-order valence-electron chi connectivity index (χ1n) is 33.0. The molecule has 0 N–H and O–H groups in total. The largest absolute Gasteiger partial charge is 0.462 e. The summed E-state index contributed by atoms with van der Waals surface area (Å²) in [7, 11) is 0. The summed E-state index contributed by atoms with van der Waals surface area (Å²) >= 11 is 0. The predicted molar refractivity (Wildman–Crippen MR) is 352 cm³/mol. The predicted octanol–water partition coefficient (Wildman–Crippen LogP) is 22.9. The number of carbonyl (C=O) groups excluding carboxylic acids is 3. The summed E-state index contributed by atoms with van der Waals surface area (Å²) in [5, 5.41) is 0. The second kappa shape index (κ2) is 67.5. The molecule has 0 spiro atoms. The highest BCUT2D eigenvalue weighted by atomic mass is 16.6. The van der Waals surface area contributed by atoms with Crippen molar-refractivity contribution in [2.45, 2.75) is 284 Å². The Labute approximate surface area is 499 Å². The van der Waals surface area contributed by atoms with Crippen molar-refractivity contribution in [2.75, 3.05) is 13.2 Å². The van der Waals surface area contributed by atoms with Crippen LogP contribution in [0.2, 0.25) is 0 Å². The molecule has 0 aliphatic rings. The van der Waals surface area contributed by atoms with Crippen molar-refractivity contribution in [3.63, 3.8) is 0 Å². The molecule has 0 saturated heterocycles. The van der Waals surface area contributed by atoms with Gasteiger partial charge < -0.3 is 14.2 Å². The Morgan fingerprint density at radius 2 is 0.444 bits per heavy atom. The van der Waals surface area contributed by atoms with Crippen LogP contribution in [0, 0.1) is 0 Å². The van der Waals surface area contributed by atoms with Gasteiger partial charge in [-0.25, -0.2) is 0 Å². The molecule has 0 fully saturated rings. The van der Waals surface area contributed by atoms with Gasteiger partial charge in [-0.15, -0.1) is 0 Å². The van der Waals surface area contributed by atoms with E-state index in [9.17, 15) is 14.4 Å². The Balaban J connectivity index is 4.43. The lowest BCUT2D eigenvalue weighted by atomic mass is 10.0. The monoisotopic (exact) mass is 1120 g/mol. The highest BCUT2D eigenvalue weighted by molar-refractivity contribution is 5.71. The zero-order valence-electron chi connectivity index (χ0n) is 52.2. The van der Waals surface area contributed by atoms with Gasteiger partial charge in [-0.05, 0) is 141 Å². The van der Waals surface area contributed by atoms with Crippen molar-refractivity contribution >= 4 is 17.9 Å². The highest BCUT2D eigenvalue weighted by Gasteiger charge is 2.19. The number of rotatable bonds is 58. The number of unbranched alkanes of at least 4 members (excludes halogenated alkanes) is 21. The van der Waals surface area contributed by atoms with Crippen LogP contribution in [0.25, 0.3) is 0 Å². The second-order valence-electron chi connectivity index (χ2n) is 21.2. The van der Waals surface area contributed by atoms with Crippen LogP contribution in [0.15, 0.2) is 158 Å². The van der Waals surface area contributed by atoms with E-state index in [-0.39, 0.29) is 37.5 Å². The van der Waals surface area contributed by atoms with Gasteiger partial charge in [0.15, 0.2) is 6.10 Å². The van der Waals surface area contributed by atoms with E-state index < -0.39 is 6.10 Å². The highest BCUT2D eigenvalue weighted by Crippen LogP contribution is 2.15. The van der Waals surface area contributed by atoms with Gasteiger partial charge in [-0.2, -0.15) is 0 Å². The third-order valence-corrected chi connectivity index (χ3v) is 13.5. The molecule has 0 aromatic carbocycles. The van der Waals surface area contributed by atoms with E-state index in [2.05, 4.69) is 179 Å². The number of carbonyl (C=O) groups is 3. The first kappa shape index (κ1) is 76.0. The van der Waals surface area contributed by atoms with Crippen LogP contribution in [0.5, 0.6) is 0 Å². The Morgan fingerprint density at radius 3 is 0.704 bits per heavy atom. The van der Waals surface area contributed by atoms with Crippen molar-refractivity contribution in [3.05, 3.63) is 158 Å². The number of hydrogen-bond acceptors (Lipinski definition) is 6. The van der Waals surface area contributed by atoms with Crippen molar-refractivity contribution in [1.29, 1.82) is 0 Å². The lowest BCUT2D eigenvalue weighted by molar-refractivity contribution is -0.167. The molecular weight excluding hydrogens is 997 g/mol. The van der Waals surface area contributed by atoms with Gasteiger partial charge in [-0.3, -0.25) is 14.4 Å². The molecule has 0 saturated carbocycles. The van der Waals surface area contributed by atoms with E-state index in [0.717, 1.165) is 154 Å². The molecule has 456 valence electrons. The molecule has 1 unspecified atom stereocenters. The maximum atomic E-state index is 12.9. The van der Waals surface area contributed by atoms with E-state index in [0.29, 0.717) is 12.8 Å². The van der Waals surface area contributed by atoms with Crippen molar-refractivity contribution in [2.24, 2.45) is 0 Å². The molecule has 1 atom stereocenters. The van der Waals surface area contributed by atoms with Crippen LogP contribution in [0.3, 0.4) is 0 Å². The third kappa shape index (κ3) is 65.7. The molecule has 0 aliphatic carbocycles. The Kier molecular flexibility index (Phi) is 63.4. The summed E-state index contributed by atoms with van der Waals surface area (Å²) < 4.78 is 16.9. The quantitative estimate of drug-likeness (QED) is 0.0261. The molecule has 0 amide bonds.